The van der Waals surface area contributed by atoms with E-state index in [0.717, 1.165) is 12.6 Å². The highest BCUT2D eigenvalue weighted by atomic mass is 15.5. The van der Waals surface area contributed by atoms with Gasteiger partial charge in [-0.05, 0) is 25.7 Å². The van der Waals surface area contributed by atoms with Crippen LogP contribution in [0.5, 0.6) is 0 Å². The van der Waals surface area contributed by atoms with Crippen LogP contribution in [0.3, 0.4) is 0 Å². The summed E-state index contributed by atoms with van der Waals surface area (Å²) in [6.45, 7) is 6.91. The van der Waals surface area contributed by atoms with Crippen LogP contribution in [0.2, 0.25) is 0 Å². The van der Waals surface area contributed by atoms with Gasteiger partial charge in [-0.25, -0.2) is 5.01 Å². The molecule has 1 aliphatic rings. The highest BCUT2D eigenvalue weighted by Gasteiger charge is 2.27. The molecular formula is C11H24N2. The largest absolute Gasteiger partial charge is 0.255 e. The summed E-state index contributed by atoms with van der Waals surface area (Å²) in [5, 5.41) is 2.47. The Kier molecular flexibility index (Phi) is 5.40. The molecule has 0 aromatic carbocycles. The predicted octanol–water partition coefficient (Wildman–Crippen LogP) is 2.56. The zero-order chi connectivity index (χ0) is 9.52. The Morgan fingerprint density at radius 2 is 1.85 bits per heavy atom. The van der Waals surface area contributed by atoms with Crippen molar-refractivity contribution in [2.45, 2.75) is 58.4 Å². The molecule has 0 spiro atoms. The van der Waals surface area contributed by atoms with Gasteiger partial charge >= 0.3 is 0 Å². The first-order valence-electron chi connectivity index (χ1n) is 5.88. The second kappa shape index (κ2) is 6.39. The maximum absolute atomic E-state index is 3.55. The van der Waals surface area contributed by atoms with Crippen molar-refractivity contribution >= 4 is 0 Å². The van der Waals surface area contributed by atoms with Gasteiger partial charge in [-0.2, -0.15) is 0 Å². The molecule has 2 nitrogen and oxygen atoms in total. The van der Waals surface area contributed by atoms with Gasteiger partial charge in [0.1, 0.15) is 0 Å². The number of nitrogens with one attached hydrogen (secondary N) is 1. The van der Waals surface area contributed by atoms with Crippen molar-refractivity contribution in [1.82, 2.24) is 10.4 Å². The molecule has 0 saturated heterocycles. The van der Waals surface area contributed by atoms with Crippen LogP contribution in [0.15, 0.2) is 0 Å². The summed E-state index contributed by atoms with van der Waals surface area (Å²) >= 11 is 0. The highest BCUT2D eigenvalue weighted by molar-refractivity contribution is 4.82. The summed E-state index contributed by atoms with van der Waals surface area (Å²) in [7, 11) is 0. The molecule has 2 heteroatoms. The lowest BCUT2D eigenvalue weighted by atomic mass is 10.3. The molecule has 13 heavy (non-hydrogen) atoms. The average molecular weight is 184 g/mol. The second-order valence-electron chi connectivity index (χ2n) is 4.04. The zero-order valence-electron chi connectivity index (χ0n) is 9.18. The third-order valence-corrected chi connectivity index (χ3v) is 2.59. The van der Waals surface area contributed by atoms with Gasteiger partial charge < -0.3 is 0 Å². The van der Waals surface area contributed by atoms with E-state index in [9.17, 15) is 0 Å². The minimum absolute atomic E-state index is 0.864. The average Bonchev–Trinajstić information content (AvgIpc) is 2.94. The van der Waals surface area contributed by atoms with Gasteiger partial charge in [0.05, 0.1) is 0 Å². The molecule has 0 radical (unpaired) electrons. The molecule has 0 amide bonds. The number of hydrogen-bond donors (Lipinski definition) is 1. The summed E-state index contributed by atoms with van der Waals surface area (Å²) < 4.78 is 0. The Bertz CT molecular complexity index is 121. The number of hydrogen-bond acceptors (Lipinski definition) is 2. The van der Waals surface area contributed by atoms with Crippen molar-refractivity contribution in [2.24, 2.45) is 0 Å². The van der Waals surface area contributed by atoms with Crippen LogP contribution in [0, 0.1) is 0 Å². The van der Waals surface area contributed by atoms with Crippen LogP contribution in [0.4, 0.5) is 0 Å². The number of hydrazine groups is 1. The molecule has 1 saturated carbocycles. The SMILES string of the molecule is CCCCNN(CCCC)C1CC1. The molecule has 78 valence electrons. The molecule has 0 atom stereocenters. The minimum atomic E-state index is 0.864. The number of nitrogens with zero attached hydrogens (tertiary/aromatic N) is 1. The lowest BCUT2D eigenvalue weighted by Crippen LogP contribution is -2.40. The highest BCUT2D eigenvalue weighted by Crippen LogP contribution is 2.25. The van der Waals surface area contributed by atoms with Crippen LogP contribution in [0.1, 0.15) is 52.4 Å². The van der Waals surface area contributed by atoms with E-state index in [1.807, 2.05) is 0 Å². The van der Waals surface area contributed by atoms with E-state index < -0.39 is 0 Å². The van der Waals surface area contributed by atoms with E-state index in [-0.39, 0.29) is 0 Å². The monoisotopic (exact) mass is 184 g/mol. The normalized spacial score (nSPS) is 16.8. The molecule has 0 aromatic heterocycles. The van der Waals surface area contributed by atoms with Gasteiger partial charge in [0.15, 0.2) is 0 Å². The van der Waals surface area contributed by atoms with Gasteiger partial charge in [-0.1, -0.05) is 26.7 Å². The summed E-state index contributed by atoms with van der Waals surface area (Å²) in [5.74, 6) is 0. The Morgan fingerprint density at radius 3 is 2.38 bits per heavy atom. The molecule has 0 heterocycles. The van der Waals surface area contributed by atoms with E-state index >= 15 is 0 Å². The van der Waals surface area contributed by atoms with Crippen molar-refractivity contribution in [2.75, 3.05) is 13.1 Å². The smallest absolute Gasteiger partial charge is 0.0244 e. The van der Waals surface area contributed by atoms with Crippen LogP contribution >= 0.6 is 0 Å². The third-order valence-electron chi connectivity index (χ3n) is 2.59. The quantitative estimate of drug-likeness (QED) is 0.461. The topological polar surface area (TPSA) is 15.3 Å². The minimum Gasteiger partial charge on any atom is -0.255 e. The van der Waals surface area contributed by atoms with Crippen LogP contribution in [0.25, 0.3) is 0 Å². The fourth-order valence-electron chi connectivity index (χ4n) is 1.50. The van der Waals surface area contributed by atoms with Crippen molar-refractivity contribution in [3.8, 4) is 0 Å². The Hall–Kier alpha value is -0.0800. The predicted molar refractivity (Wildman–Crippen MR) is 57.5 cm³/mol. The molecule has 0 bridgehead atoms. The first-order chi connectivity index (χ1) is 6.38. The molecule has 0 aromatic rings. The lowest BCUT2D eigenvalue weighted by Gasteiger charge is -2.22. The van der Waals surface area contributed by atoms with Crippen molar-refractivity contribution < 1.29 is 0 Å². The lowest BCUT2D eigenvalue weighted by molar-refractivity contribution is 0.173. The fourth-order valence-corrected chi connectivity index (χ4v) is 1.50. The van der Waals surface area contributed by atoms with Crippen molar-refractivity contribution in [3.05, 3.63) is 0 Å². The first-order valence-corrected chi connectivity index (χ1v) is 5.88. The van der Waals surface area contributed by atoms with Gasteiger partial charge in [0.2, 0.25) is 0 Å². The maximum Gasteiger partial charge on any atom is 0.0244 e. The number of unbranched alkanes of at least 4 members (excludes halogenated alkanes) is 2. The Balaban J connectivity index is 2.06. The van der Waals surface area contributed by atoms with E-state index in [4.69, 9.17) is 0 Å². The van der Waals surface area contributed by atoms with E-state index in [1.54, 1.807) is 0 Å². The third kappa shape index (κ3) is 4.63. The molecule has 1 fully saturated rings. The van der Waals surface area contributed by atoms with Crippen molar-refractivity contribution in [3.63, 3.8) is 0 Å². The summed E-state index contributed by atoms with van der Waals surface area (Å²) in [6.07, 6.45) is 8.04. The molecular weight excluding hydrogens is 160 g/mol. The van der Waals surface area contributed by atoms with Crippen LogP contribution in [-0.4, -0.2) is 24.1 Å². The van der Waals surface area contributed by atoms with Gasteiger partial charge in [0.25, 0.3) is 0 Å². The molecule has 0 unspecified atom stereocenters. The molecule has 1 N–H and O–H groups in total. The van der Waals surface area contributed by atoms with E-state index in [0.29, 0.717) is 0 Å². The van der Waals surface area contributed by atoms with E-state index in [2.05, 4.69) is 24.3 Å². The van der Waals surface area contributed by atoms with Gasteiger partial charge in [-0.3, -0.25) is 5.43 Å². The molecule has 0 aliphatic heterocycles. The van der Waals surface area contributed by atoms with Crippen LogP contribution < -0.4 is 5.43 Å². The zero-order valence-corrected chi connectivity index (χ0v) is 9.18. The van der Waals surface area contributed by atoms with Crippen molar-refractivity contribution in [1.29, 1.82) is 0 Å². The Labute approximate surface area is 82.7 Å². The summed E-state index contributed by atoms with van der Waals surface area (Å²) in [5.41, 5.74) is 3.55. The van der Waals surface area contributed by atoms with Crippen LogP contribution in [-0.2, 0) is 0 Å². The summed E-state index contributed by atoms with van der Waals surface area (Å²) in [6, 6.07) is 0.864. The number of rotatable bonds is 8. The molecule has 1 rings (SSSR count). The first kappa shape index (κ1) is 11.0. The fraction of sp³-hybridized carbons (Fsp3) is 1.00. The second-order valence-corrected chi connectivity index (χ2v) is 4.04. The van der Waals surface area contributed by atoms with E-state index in [1.165, 1.54) is 45.1 Å². The van der Waals surface area contributed by atoms with Gasteiger partial charge in [0, 0.05) is 19.1 Å². The summed E-state index contributed by atoms with van der Waals surface area (Å²) in [4.78, 5) is 0. The molecule has 1 aliphatic carbocycles. The Morgan fingerprint density at radius 1 is 1.15 bits per heavy atom. The maximum atomic E-state index is 3.55. The van der Waals surface area contributed by atoms with Gasteiger partial charge in [-0.15, -0.1) is 0 Å². The standard InChI is InChI=1S/C11H24N2/c1-3-5-9-12-13(10-6-4-2)11-7-8-11/h11-12H,3-10H2,1-2H3.